The van der Waals surface area contributed by atoms with Crippen LogP contribution in [-0.2, 0) is 10.0 Å². The molecule has 1 unspecified atom stereocenters. The molecular weight excluding hydrogens is 394 g/mol. The number of rotatable bonds is 10. The fraction of sp³-hybridized carbons (Fsp3) is 0.421. The van der Waals surface area contributed by atoms with Crippen LogP contribution >= 0.6 is 12.2 Å². The average Bonchev–Trinajstić information content (AvgIpc) is 2.69. The van der Waals surface area contributed by atoms with E-state index >= 15 is 0 Å². The standard InChI is InChI=1S/C19H27N5O2S2/c1-3-5-7-15(4-2)14-22-19(27)23-16-8-10-17(11-9-16)28(25,26)24-18-20-12-6-13-21-18/h6,8-13,15H,3-5,7,14H2,1-2H3,(H,20,21,24)(H2,22,23,27). The molecule has 3 N–H and O–H groups in total. The number of unbranched alkanes of at least 4 members (excludes halogenated alkanes) is 1. The first-order valence-electron chi connectivity index (χ1n) is 9.39. The summed E-state index contributed by atoms with van der Waals surface area (Å²) in [4.78, 5) is 7.86. The molecule has 1 aromatic heterocycles. The van der Waals surface area contributed by atoms with E-state index in [0.29, 0.717) is 16.7 Å². The summed E-state index contributed by atoms with van der Waals surface area (Å²) in [6.45, 7) is 5.21. The van der Waals surface area contributed by atoms with Gasteiger partial charge >= 0.3 is 0 Å². The van der Waals surface area contributed by atoms with E-state index in [0.717, 1.165) is 13.0 Å². The van der Waals surface area contributed by atoms with Crippen LogP contribution in [0.15, 0.2) is 47.6 Å². The second-order valence-electron chi connectivity index (χ2n) is 6.45. The predicted octanol–water partition coefficient (Wildman–Crippen LogP) is 3.78. The van der Waals surface area contributed by atoms with Gasteiger partial charge in [-0.3, -0.25) is 0 Å². The van der Waals surface area contributed by atoms with Gasteiger partial charge < -0.3 is 10.6 Å². The fourth-order valence-corrected chi connectivity index (χ4v) is 3.76. The number of hydrogen-bond acceptors (Lipinski definition) is 5. The molecule has 0 spiro atoms. The Hall–Kier alpha value is -2.26. The van der Waals surface area contributed by atoms with E-state index in [4.69, 9.17) is 12.2 Å². The number of hydrogen-bond donors (Lipinski definition) is 3. The molecule has 1 aromatic carbocycles. The topological polar surface area (TPSA) is 96.0 Å². The SMILES string of the molecule is CCCCC(CC)CNC(=S)Nc1ccc(S(=O)(=O)Nc2ncccn2)cc1. The van der Waals surface area contributed by atoms with Gasteiger partial charge in [-0.25, -0.2) is 23.1 Å². The highest BCUT2D eigenvalue weighted by Crippen LogP contribution is 2.16. The summed E-state index contributed by atoms with van der Waals surface area (Å²) in [7, 11) is -3.74. The molecule has 1 heterocycles. The first-order chi connectivity index (χ1) is 13.4. The minimum absolute atomic E-state index is 0.0311. The molecule has 152 valence electrons. The van der Waals surface area contributed by atoms with E-state index in [1.54, 1.807) is 18.2 Å². The molecule has 2 aromatic rings. The van der Waals surface area contributed by atoms with Crippen LogP contribution in [0.25, 0.3) is 0 Å². The van der Waals surface area contributed by atoms with Crippen molar-refractivity contribution in [3.63, 3.8) is 0 Å². The Morgan fingerprint density at radius 2 is 1.82 bits per heavy atom. The molecule has 0 saturated heterocycles. The molecular formula is C19H27N5O2S2. The van der Waals surface area contributed by atoms with Crippen molar-refractivity contribution < 1.29 is 8.42 Å². The molecule has 9 heteroatoms. The summed E-state index contributed by atoms with van der Waals surface area (Å²) in [5.41, 5.74) is 0.717. The Bertz CT molecular complexity index is 842. The van der Waals surface area contributed by atoms with Crippen molar-refractivity contribution in [2.75, 3.05) is 16.6 Å². The van der Waals surface area contributed by atoms with Crippen molar-refractivity contribution in [1.29, 1.82) is 0 Å². The van der Waals surface area contributed by atoms with E-state index in [9.17, 15) is 8.42 Å². The predicted molar refractivity (Wildman–Crippen MR) is 117 cm³/mol. The van der Waals surface area contributed by atoms with E-state index < -0.39 is 10.0 Å². The lowest BCUT2D eigenvalue weighted by atomic mass is 9.99. The van der Waals surface area contributed by atoms with Gasteiger partial charge in [0.25, 0.3) is 10.0 Å². The second kappa shape index (κ2) is 10.9. The smallest absolute Gasteiger partial charge is 0.264 e. The normalized spacial score (nSPS) is 12.2. The quantitative estimate of drug-likeness (QED) is 0.502. The van der Waals surface area contributed by atoms with Gasteiger partial charge in [0.1, 0.15) is 0 Å². The van der Waals surface area contributed by atoms with Crippen molar-refractivity contribution in [3.05, 3.63) is 42.7 Å². The van der Waals surface area contributed by atoms with E-state index in [2.05, 4.69) is 39.2 Å². The van der Waals surface area contributed by atoms with Gasteiger partial charge in [-0.1, -0.05) is 33.1 Å². The molecule has 0 aliphatic carbocycles. The lowest BCUT2D eigenvalue weighted by Gasteiger charge is -2.17. The summed E-state index contributed by atoms with van der Waals surface area (Å²) < 4.78 is 27.1. The number of benzene rings is 1. The van der Waals surface area contributed by atoms with Crippen molar-refractivity contribution in [2.24, 2.45) is 5.92 Å². The van der Waals surface area contributed by atoms with Gasteiger partial charge in [0.15, 0.2) is 5.11 Å². The average molecular weight is 422 g/mol. The third kappa shape index (κ3) is 7.05. The molecule has 0 aliphatic rings. The Morgan fingerprint density at radius 1 is 1.14 bits per heavy atom. The summed E-state index contributed by atoms with van der Waals surface area (Å²) >= 11 is 5.34. The largest absolute Gasteiger partial charge is 0.362 e. The van der Waals surface area contributed by atoms with Gasteiger partial charge in [0.2, 0.25) is 5.95 Å². The summed E-state index contributed by atoms with van der Waals surface area (Å²) in [6, 6.07) is 7.96. The van der Waals surface area contributed by atoms with Crippen molar-refractivity contribution in [3.8, 4) is 0 Å². The monoisotopic (exact) mass is 421 g/mol. The lowest BCUT2D eigenvalue weighted by molar-refractivity contribution is 0.446. The maximum Gasteiger partial charge on any atom is 0.264 e. The minimum Gasteiger partial charge on any atom is -0.362 e. The molecule has 0 bridgehead atoms. The van der Waals surface area contributed by atoms with Gasteiger partial charge in [-0.2, -0.15) is 0 Å². The van der Waals surface area contributed by atoms with Crippen LogP contribution in [0.1, 0.15) is 39.5 Å². The fourth-order valence-electron chi connectivity index (χ4n) is 2.60. The van der Waals surface area contributed by atoms with Crippen LogP contribution in [0.5, 0.6) is 0 Å². The zero-order valence-electron chi connectivity index (χ0n) is 16.2. The number of thiocarbonyl (C=S) groups is 1. The second-order valence-corrected chi connectivity index (χ2v) is 8.54. The number of nitrogens with zero attached hydrogens (tertiary/aromatic N) is 2. The molecule has 2 rings (SSSR count). The highest BCUT2D eigenvalue weighted by atomic mass is 32.2. The van der Waals surface area contributed by atoms with Crippen LogP contribution in [0.2, 0.25) is 0 Å². The maximum absolute atomic E-state index is 12.4. The number of anilines is 2. The molecule has 0 fully saturated rings. The molecule has 28 heavy (non-hydrogen) atoms. The molecule has 7 nitrogen and oxygen atoms in total. The third-order valence-corrected chi connectivity index (χ3v) is 5.90. The van der Waals surface area contributed by atoms with Crippen LogP contribution < -0.4 is 15.4 Å². The summed E-state index contributed by atoms with van der Waals surface area (Å²) in [5.74, 6) is 0.627. The van der Waals surface area contributed by atoms with E-state index in [1.165, 1.54) is 43.8 Å². The summed E-state index contributed by atoms with van der Waals surface area (Å²) in [5, 5.41) is 6.86. The van der Waals surface area contributed by atoms with Gasteiger partial charge in [-0.05, 0) is 54.9 Å². The number of nitrogens with one attached hydrogen (secondary N) is 3. The zero-order valence-corrected chi connectivity index (χ0v) is 17.8. The molecule has 0 aliphatic heterocycles. The minimum atomic E-state index is -3.74. The maximum atomic E-state index is 12.4. The Balaban J connectivity index is 1.90. The van der Waals surface area contributed by atoms with Gasteiger partial charge in [-0.15, -0.1) is 0 Å². The molecule has 0 saturated carbocycles. The number of sulfonamides is 1. The first-order valence-corrected chi connectivity index (χ1v) is 11.3. The highest BCUT2D eigenvalue weighted by molar-refractivity contribution is 7.92. The van der Waals surface area contributed by atoms with Crippen LogP contribution in [-0.4, -0.2) is 30.0 Å². The van der Waals surface area contributed by atoms with Gasteiger partial charge in [0, 0.05) is 24.6 Å². The van der Waals surface area contributed by atoms with Gasteiger partial charge in [0.05, 0.1) is 4.90 Å². The zero-order chi connectivity index (χ0) is 20.4. The van der Waals surface area contributed by atoms with Crippen LogP contribution in [0, 0.1) is 5.92 Å². The Morgan fingerprint density at radius 3 is 2.43 bits per heavy atom. The van der Waals surface area contributed by atoms with Crippen molar-refractivity contribution >= 4 is 39.0 Å². The first kappa shape index (κ1) is 22.0. The molecule has 0 radical (unpaired) electrons. The molecule has 1 atom stereocenters. The molecule has 0 amide bonds. The number of aromatic nitrogens is 2. The van der Waals surface area contributed by atoms with Crippen LogP contribution in [0.4, 0.5) is 11.6 Å². The highest BCUT2D eigenvalue weighted by Gasteiger charge is 2.15. The lowest BCUT2D eigenvalue weighted by Crippen LogP contribution is -2.32. The van der Waals surface area contributed by atoms with E-state index in [-0.39, 0.29) is 10.8 Å². The van der Waals surface area contributed by atoms with Crippen molar-refractivity contribution in [2.45, 2.75) is 44.4 Å². The van der Waals surface area contributed by atoms with Crippen molar-refractivity contribution in [1.82, 2.24) is 15.3 Å². The van der Waals surface area contributed by atoms with E-state index in [1.807, 2.05) is 0 Å². The third-order valence-electron chi connectivity index (χ3n) is 4.31. The van der Waals surface area contributed by atoms with Crippen LogP contribution in [0.3, 0.4) is 0 Å². The Labute approximate surface area is 172 Å². The Kier molecular flexibility index (Phi) is 8.59. The summed E-state index contributed by atoms with van der Waals surface area (Å²) in [6.07, 6.45) is 7.65.